The molecule has 2 aromatic carbocycles. The van der Waals surface area contributed by atoms with Crippen molar-refractivity contribution in [1.82, 2.24) is 10.2 Å². The number of amides is 3. The average Bonchev–Trinajstić information content (AvgIpc) is 2.86. The zero-order valence-corrected chi connectivity index (χ0v) is 19.5. The number of carbonyl (C=O) groups excluding carboxylic acids is 2. The minimum absolute atomic E-state index is 0.00519. The van der Waals surface area contributed by atoms with Crippen molar-refractivity contribution in [3.8, 4) is 11.5 Å². The lowest BCUT2D eigenvalue weighted by molar-refractivity contribution is -0.126. The van der Waals surface area contributed by atoms with Gasteiger partial charge in [0.25, 0.3) is 0 Å². The van der Waals surface area contributed by atoms with Crippen LogP contribution in [0.5, 0.6) is 11.5 Å². The average molecular weight is 452 g/mol. The Morgan fingerprint density at radius 2 is 1.85 bits per heavy atom. The van der Waals surface area contributed by atoms with Gasteiger partial charge < -0.3 is 19.7 Å². The number of likely N-dealkylation sites (tertiary alicyclic amines) is 1. The first-order valence-electron chi connectivity index (χ1n) is 11.8. The number of carbonyl (C=O) groups is 2. The predicted molar refractivity (Wildman–Crippen MR) is 128 cm³/mol. The lowest BCUT2D eigenvalue weighted by atomic mass is 9.96. The molecular weight excluding hydrogens is 418 g/mol. The van der Waals surface area contributed by atoms with E-state index >= 15 is 0 Å². The van der Waals surface area contributed by atoms with Crippen molar-refractivity contribution < 1.29 is 19.1 Å². The molecule has 0 spiro atoms. The van der Waals surface area contributed by atoms with Crippen molar-refractivity contribution in [1.29, 1.82) is 0 Å². The monoisotopic (exact) mass is 451 g/mol. The molecule has 1 saturated heterocycles. The first-order valence-corrected chi connectivity index (χ1v) is 11.8. The number of rotatable bonds is 6. The first-order chi connectivity index (χ1) is 16.0. The molecule has 2 aromatic rings. The van der Waals surface area contributed by atoms with E-state index in [0.29, 0.717) is 52.2 Å². The number of aryl methyl sites for hydroxylation is 1. The van der Waals surface area contributed by atoms with Gasteiger partial charge in [-0.1, -0.05) is 25.1 Å². The Kier molecular flexibility index (Phi) is 7.37. The SMILES string of the molecule is CCCOc1ccc(CNC(=O)C2CCN(C(=O)N3CCOc4ccc(C)cc43)CC2)cc1. The maximum Gasteiger partial charge on any atom is 0.324 e. The smallest absolute Gasteiger partial charge is 0.324 e. The van der Waals surface area contributed by atoms with E-state index in [9.17, 15) is 9.59 Å². The van der Waals surface area contributed by atoms with E-state index in [2.05, 4.69) is 12.2 Å². The number of fused-ring (bicyclic) bond motifs is 1. The highest BCUT2D eigenvalue weighted by molar-refractivity contribution is 5.94. The second-order valence-corrected chi connectivity index (χ2v) is 8.73. The Balaban J connectivity index is 1.26. The number of piperidine rings is 1. The van der Waals surface area contributed by atoms with Crippen molar-refractivity contribution >= 4 is 17.6 Å². The number of ether oxygens (including phenoxy) is 2. The summed E-state index contributed by atoms with van der Waals surface area (Å²) in [6, 6.07) is 13.7. The van der Waals surface area contributed by atoms with Gasteiger partial charge in [-0.2, -0.15) is 0 Å². The van der Waals surface area contributed by atoms with E-state index in [1.165, 1.54) is 0 Å². The molecule has 4 rings (SSSR count). The number of nitrogens with one attached hydrogen (secondary N) is 1. The zero-order valence-electron chi connectivity index (χ0n) is 19.5. The van der Waals surface area contributed by atoms with Crippen LogP contribution in [0, 0.1) is 12.8 Å². The Bertz CT molecular complexity index is 968. The van der Waals surface area contributed by atoms with Crippen LogP contribution < -0.4 is 19.7 Å². The maximum atomic E-state index is 13.2. The molecule has 0 saturated carbocycles. The van der Waals surface area contributed by atoms with Gasteiger partial charge in [0.05, 0.1) is 18.8 Å². The van der Waals surface area contributed by atoms with Crippen molar-refractivity contribution in [2.24, 2.45) is 5.92 Å². The van der Waals surface area contributed by atoms with E-state index < -0.39 is 0 Å². The molecule has 7 nitrogen and oxygen atoms in total. The molecule has 0 bridgehead atoms. The van der Waals surface area contributed by atoms with Gasteiger partial charge >= 0.3 is 6.03 Å². The Hall–Kier alpha value is -3.22. The molecule has 2 aliphatic heterocycles. The van der Waals surface area contributed by atoms with Gasteiger partial charge in [0.1, 0.15) is 18.1 Å². The lowest BCUT2D eigenvalue weighted by Crippen LogP contribution is -2.50. The number of hydrogen-bond acceptors (Lipinski definition) is 4. The van der Waals surface area contributed by atoms with Crippen LogP contribution in [0.1, 0.15) is 37.3 Å². The second kappa shape index (κ2) is 10.6. The number of nitrogens with zero attached hydrogens (tertiary/aromatic N) is 2. The van der Waals surface area contributed by atoms with Crippen LogP contribution in [0.25, 0.3) is 0 Å². The summed E-state index contributed by atoms with van der Waals surface area (Å²) in [7, 11) is 0. The van der Waals surface area contributed by atoms with E-state index in [4.69, 9.17) is 9.47 Å². The van der Waals surface area contributed by atoms with Crippen molar-refractivity contribution in [2.75, 3.05) is 37.7 Å². The minimum atomic E-state index is -0.0690. The third-order valence-electron chi connectivity index (χ3n) is 6.21. The van der Waals surface area contributed by atoms with Gasteiger partial charge in [-0.15, -0.1) is 0 Å². The molecule has 7 heteroatoms. The van der Waals surface area contributed by atoms with Crippen LogP contribution in [0.15, 0.2) is 42.5 Å². The molecule has 176 valence electrons. The standard InChI is InChI=1S/C26H33N3O4/c1-3-15-32-22-7-5-20(6-8-22)18-27-25(30)21-10-12-28(13-11-21)26(31)29-14-16-33-24-9-4-19(2)17-23(24)29/h4-9,17,21H,3,10-16,18H2,1-2H3,(H,27,30). The molecule has 1 N–H and O–H groups in total. The van der Waals surface area contributed by atoms with E-state index in [-0.39, 0.29) is 17.9 Å². The summed E-state index contributed by atoms with van der Waals surface area (Å²) < 4.78 is 11.3. The summed E-state index contributed by atoms with van der Waals surface area (Å²) in [5.74, 6) is 1.59. The molecule has 1 fully saturated rings. The van der Waals surface area contributed by atoms with Gasteiger partial charge in [-0.3, -0.25) is 9.69 Å². The highest BCUT2D eigenvalue weighted by Crippen LogP contribution is 2.33. The topological polar surface area (TPSA) is 71.1 Å². The first kappa shape index (κ1) is 23.0. The van der Waals surface area contributed by atoms with Crippen molar-refractivity contribution in [2.45, 2.75) is 39.7 Å². The van der Waals surface area contributed by atoms with Crippen molar-refractivity contribution in [3.05, 3.63) is 53.6 Å². The van der Waals surface area contributed by atoms with Gasteiger partial charge in [0.2, 0.25) is 5.91 Å². The van der Waals surface area contributed by atoms with Gasteiger partial charge in [0.15, 0.2) is 0 Å². The fourth-order valence-electron chi connectivity index (χ4n) is 4.29. The minimum Gasteiger partial charge on any atom is -0.494 e. The number of urea groups is 1. The Labute approximate surface area is 195 Å². The summed E-state index contributed by atoms with van der Waals surface area (Å²) >= 11 is 0. The molecule has 33 heavy (non-hydrogen) atoms. The van der Waals surface area contributed by atoms with Crippen LogP contribution >= 0.6 is 0 Å². The summed E-state index contributed by atoms with van der Waals surface area (Å²) in [5.41, 5.74) is 2.97. The Morgan fingerprint density at radius 3 is 2.58 bits per heavy atom. The van der Waals surface area contributed by atoms with E-state index in [1.54, 1.807) is 4.90 Å². The maximum absolute atomic E-state index is 13.2. The summed E-state index contributed by atoms with van der Waals surface area (Å²) in [6.07, 6.45) is 2.32. The summed E-state index contributed by atoms with van der Waals surface area (Å²) in [6.45, 7) is 7.48. The molecule has 0 radical (unpaired) electrons. The van der Waals surface area contributed by atoms with Crippen LogP contribution in [0.2, 0.25) is 0 Å². The largest absolute Gasteiger partial charge is 0.494 e. The van der Waals surface area contributed by atoms with Crippen LogP contribution in [0.4, 0.5) is 10.5 Å². The quantitative estimate of drug-likeness (QED) is 0.717. The number of anilines is 1. The normalized spacial score (nSPS) is 16.1. The highest BCUT2D eigenvalue weighted by atomic mass is 16.5. The molecule has 3 amide bonds. The number of benzene rings is 2. The molecule has 2 aliphatic rings. The van der Waals surface area contributed by atoms with E-state index in [1.807, 2.05) is 54.3 Å². The van der Waals surface area contributed by atoms with Gasteiger partial charge in [-0.05, 0) is 61.6 Å². The lowest BCUT2D eigenvalue weighted by Gasteiger charge is -2.37. The molecular formula is C26H33N3O4. The summed E-state index contributed by atoms with van der Waals surface area (Å²) in [4.78, 5) is 29.5. The van der Waals surface area contributed by atoms with Crippen LogP contribution in [-0.2, 0) is 11.3 Å². The molecule has 0 atom stereocenters. The highest BCUT2D eigenvalue weighted by Gasteiger charge is 2.32. The molecule has 0 unspecified atom stereocenters. The molecule has 0 aliphatic carbocycles. The van der Waals surface area contributed by atoms with E-state index in [0.717, 1.165) is 34.7 Å². The fraction of sp³-hybridized carbons (Fsp3) is 0.462. The third kappa shape index (κ3) is 5.59. The van der Waals surface area contributed by atoms with Crippen molar-refractivity contribution in [3.63, 3.8) is 0 Å². The predicted octanol–water partition coefficient (Wildman–Crippen LogP) is 4.13. The third-order valence-corrected chi connectivity index (χ3v) is 6.21. The zero-order chi connectivity index (χ0) is 23.2. The summed E-state index contributed by atoms with van der Waals surface area (Å²) in [5, 5.41) is 3.05. The fourth-order valence-corrected chi connectivity index (χ4v) is 4.29. The van der Waals surface area contributed by atoms with Gasteiger partial charge in [0, 0.05) is 25.6 Å². The molecule has 0 aromatic heterocycles. The Morgan fingerprint density at radius 1 is 1.09 bits per heavy atom. The second-order valence-electron chi connectivity index (χ2n) is 8.73. The van der Waals surface area contributed by atoms with Gasteiger partial charge in [-0.25, -0.2) is 4.79 Å². The number of hydrogen-bond donors (Lipinski definition) is 1. The van der Waals surface area contributed by atoms with Crippen LogP contribution in [-0.4, -0.2) is 49.7 Å². The van der Waals surface area contributed by atoms with Crippen LogP contribution in [0.3, 0.4) is 0 Å². The molecule has 2 heterocycles.